The van der Waals surface area contributed by atoms with Gasteiger partial charge in [0.2, 0.25) is 0 Å². The number of aliphatic imine (C=N–C) groups is 1. The average Bonchev–Trinajstić information content (AvgIpc) is 2.45. The number of hydrogen-bond donors (Lipinski definition) is 2. The molecule has 0 heterocycles. The lowest BCUT2D eigenvalue weighted by molar-refractivity contribution is 0.411. The highest BCUT2D eigenvalue weighted by Gasteiger charge is 2.03. The zero-order valence-corrected chi connectivity index (χ0v) is 13.3. The van der Waals surface area contributed by atoms with Gasteiger partial charge in [-0.1, -0.05) is 19.1 Å². The van der Waals surface area contributed by atoms with Crippen molar-refractivity contribution in [2.45, 2.75) is 46.7 Å². The summed E-state index contributed by atoms with van der Waals surface area (Å²) in [7, 11) is 1.69. The maximum Gasteiger partial charge on any atom is 0.191 e. The number of aryl methyl sites for hydroxylation is 1. The van der Waals surface area contributed by atoms with Crippen LogP contribution < -0.4 is 15.4 Å². The van der Waals surface area contributed by atoms with Crippen molar-refractivity contribution < 1.29 is 4.74 Å². The van der Waals surface area contributed by atoms with Crippen LogP contribution in [0.3, 0.4) is 0 Å². The monoisotopic (exact) mass is 277 g/mol. The molecule has 0 aliphatic carbocycles. The molecule has 112 valence electrons. The van der Waals surface area contributed by atoms with E-state index < -0.39 is 0 Å². The Morgan fingerprint density at radius 2 is 2.10 bits per heavy atom. The fourth-order valence-corrected chi connectivity index (χ4v) is 1.86. The molecule has 0 spiro atoms. The Labute approximate surface area is 122 Å². The smallest absolute Gasteiger partial charge is 0.191 e. The first kappa shape index (κ1) is 16.3. The SMILES string of the molecule is CCNC(=NCc1ccc(OC)c(C)c1)NC(C)CC. The Balaban J connectivity index is 2.73. The molecule has 1 atom stereocenters. The van der Waals surface area contributed by atoms with E-state index in [9.17, 15) is 0 Å². The zero-order valence-electron chi connectivity index (χ0n) is 13.3. The lowest BCUT2D eigenvalue weighted by Crippen LogP contribution is -2.41. The lowest BCUT2D eigenvalue weighted by atomic mass is 10.1. The van der Waals surface area contributed by atoms with E-state index in [-0.39, 0.29) is 0 Å². The quantitative estimate of drug-likeness (QED) is 0.621. The summed E-state index contributed by atoms with van der Waals surface area (Å²) in [5, 5.41) is 6.66. The van der Waals surface area contributed by atoms with Crippen molar-refractivity contribution >= 4 is 5.96 Å². The summed E-state index contributed by atoms with van der Waals surface area (Å²) in [5.41, 5.74) is 2.32. The van der Waals surface area contributed by atoms with Crippen LogP contribution in [0.15, 0.2) is 23.2 Å². The largest absolute Gasteiger partial charge is 0.496 e. The van der Waals surface area contributed by atoms with Crippen LogP contribution in [0.1, 0.15) is 38.3 Å². The average molecular weight is 277 g/mol. The van der Waals surface area contributed by atoms with Gasteiger partial charge in [0, 0.05) is 12.6 Å². The molecule has 20 heavy (non-hydrogen) atoms. The molecule has 0 saturated carbocycles. The van der Waals surface area contributed by atoms with Gasteiger partial charge in [0.1, 0.15) is 5.75 Å². The molecule has 0 fully saturated rings. The van der Waals surface area contributed by atoms with Crippen molar-refractivity contribution in [2.75, 3.05) is 13.7 Å². The highest BCUT2D eigenvalue weighted by Crippen LogP contribution is 2.18. The molecule has 4 heteroatoms. The van der Waals surface area contributed by atoms with Crippen molar-refractivity contribution in [1.29, 1.82) is 0 Å². The van der Waals surface area contributed by atoms with E-state index in [4.69, 9.17) is 4.74 Å². The molecule has 1 rings (SSSR count). The van der Waals surface area contributed by atoms with E-state index in [1.54, 1.807) is 7.11 Å². The standard InChI is InChI=1S/C16H27N3O/c1-6-13(4)19-16(17-7-2)18-11-14-8-9-15(20-5)12(3)10-14/h8-10,13H,6-7,11H2,1-5H3,(H2,17,18,19). The molecule has 4 nitrogen and oxygen atoms in total. The number of nitrogens with zero attached hydrogens (tertiary/aromatic N) is 1. The molecule has 2 N–H and O–H groups in total. The van der Waals surface area contributed by atoms with Gasteiger partial charge < -0.3 is 15.4 Å². The summed E-state index contributed by atoms with van der Waals surface area (Å²) in [6.45, 7) is 9.97. The molecular formula is C16H27N3O. The van der Waals surface area contributed by atoms with Crippen LogP contribution in [0.2, 0.25) is 0 Å². The van der Waals surface area contributed by atoms with Gasteiger partial charge >= 0.3 is 0 Å². The summed E-state index contributed by atoms with van der Waals surface area (Å²) < 4.78 is 5.27. The third-order valence-corrected chi connectivity index (χ3v) is 3.22. The van der Waals surface area contributed by atoms with E-state index in [2.05, 4.69) is 55.5 Å². The van der Waals surface area contributed by atoms with Crippen molar-refractivity contribution in [3.8, 4) is 5.75 Å². The highest BCUT2D eigenvalue weighted by atomic mass is 16.5. The minimum absolute atomic E-state index is 0.422. The fourth-order valence-electron chi connectivity index (χ4n) is 1.86. The second kappa shape index (κ2) is 8.46. The summed E-state index contributed by atoms with van der Waals surface area (Å²) in [4.78, 5) is 4.62. The third-order valence-electron chi connectivity index (χ3n) is 3.22. The van der Waals surface area contributed by atoms with Gasteiger partial charge in [-0.25, -0.2) is 4.99 Å². The molecule has 1 unspecified atom stereocenters. The number of ether oxygens (including phenoxy) is 1. The predicted molar refractivity (Wildman–Crippen MR) is 85.4 cm³/mol. The molecule has 0 aliphatic rings. The zero-order chi connectivity index (χ0) is 15.0. The summed E-state index contributed by atoms with van der Waals surface area (Å²) in [6.07, 6.45) is 1.08. The van der Waals surface area contributed by atoms with Gasteiger partial charge in [-0.15, -0.1) is 0 Å². The Morgan fingerprint density at radius 1 is 1.35 bits per heavy atom. The number of benzene rings is 1. The molecule has 1 aromatic rings. The first-order valence-electron chi connectivity index (χ1n) is 7.29. The first-order chi connectivity index (χ1) is 9.60. The van der Waals surface area contributed by atoms with E-state index in [0.717, 1.165) is 30.2 Å². The summed E-state index contributed by atoms with van der Waals surface area (Å²) >= 11 is 0. The Kier molecular flexibility index (Phi) is 6.91. The molecule has 0 aliphatic heterocycles. The molecule has 0 aromatic heterocycles. The molecule has 0 radical (unpaired) electrons. The van der Waals surface area contributed by atoms with Crippen LogP contribution in [0.4, 0.5) is 0 Å². The second-order valence-corrected chi connectivity index (χ2v) is 4.95. The first-order valence-corrected chi connectivity index (χ1v) is 7.29. The summed E-state index contributed by atoms with van der Waals surface area (Å²) in [5.74, 6) is 1.79. The van der Waals surface area contributed by atoms with Gasteiger partial charge in [0.15, 0.2) is 5.96 Å². The van der Waals surface area contributed by atoms with Crippen LogP contribution in [-0.4, -0.2) is 25.7 Å². The topological polar surface area (TPSA) is 45.7 Å². The molecular weight excluding hydrogens is 250 g/mol. The number of nitrogens with one attached hydrogen (secondary N) is 2. The Bertz CT molecular complexity index is 443. The number of rotatable bonds is 6. The second-order valence-electron chi connectivity index (χ2n) is 4.95. The molecule has 0 saturated heterocycles. The fraction of sp³-hybridized carbons (Fsp3) is 0.562. The minimum Gasteiger partial charge on any atom is -0.496 e. The van der Waals surface area contributed by atoms with E-state index in [1.165, 1.54) is 5.56 Å². The molecule has 0 bridgehead atoms. The molecule has 0 amide bonds. The van der Waals surface area contributed by atoms with Crippen LogP contribution in [0.25, 0.3) is 0 Å². The van der Waals surface area contributed by atoms with Gasteiger partial charge in [-0.05, 0) is 44.4 Å². The van der Waals surface area contributed by atoms with E-state index >= 15 is 0 Å². The highest BCUT2D eigenvalue weighted by molar-refractivity contribution is 5.80. The van der Waals surface area contributed by atoms with Crippen LogP contribution >= 0.6 is 0 Å². The van der Waals surface area contributed by atoms with Crippen molar-refractivity contribution in [2.24, 2.45) is 4.99 Å². The minimum atomic E-state index is 0.422. The maximum atomic E-state index is 5.27. The van der Waals surface area contributed by atoms with Crippen LogP contribution in [-0.2, 0) is 6.54 Å². The summed E-state index contributed by atoms with van der Waals surface area (Å²) in [6, 6.07) is 6.59. The lowest BCUT2D eigenvalue weighted by Gasteiger charge is -2.16. The van der Waals surface area contributed by atoms with Crippen LogP contribution in [0, 0.1) is 6.92 Å². The van der Waals surface area contributed by atoms with Crippen molar-refractivity contribution in [3.05, 3.63) is 29.3 Å². The Hall–Kier alpha value is -1.71. The maximum absolute atomic E-state index is 5.27. The number of guanidine groups is 1. The Morgan fingerprint density at radius 3 is 2.65 bits per heavy atom. The van der Waals surface area contributed by atoms with Gasteiger partial charge in [0.25, 0.3) is 0 Å². The van der Waals surface area contributed by atoms with Crippen LogP contribution in [0.5, 0.6) is 5.75 Å². The van der Waals surface area contributed by atoms with Gasteiger partial charge in [0.05, 0.1) is 13.7 Å². The number of methoxy groups -OCH3 is 1. The normalized spacial score (nSPS) is 12.9. The molecule has 1 aromatic carbocycles. The van der Waals surface area contributed by atoms with E-state index in [0.29, 0.717) is 12.6 Å². The third kappa shape index (κ3) is 5.11. The van der Waals surface area contributed by atoms with Gasteiger partial charge in [-0.2, -0.15) is 0 Å². The van der Waals surface area contributed by atoms with E-state index in [1.807, 2.05) is 6.07 Å². The van der Waals surface area contributed by atoms with Gasteiger partial charge in [-0.3, -0.25) is 0 Å². The van der Waals surface area contributed by atoms with Crippen molar-refractivity contribution in [1.82, 2.24) is 10.6 Å². The predicted octanol–water partition coefficient (Wildman–Crippen LogP) is 2.86. The number of hydrogen-bond acceptors (Lipinski definition) is 2. The van der Waals surface area contributed by atoms with Crippen molar-refractivity contribution in [3.63, 3.8) is 0 Å².